The Morgan fingerprint density at radius 3 is 2.03 bits per heavy atom. The minimum absolute atomic E-state index is 0.0413. The maximum Gasteiger partial charge on any atom is 0.315 e. The zero-order chi connectivity index (χ0) is 21.1. The van der Waals surface area contributed by atoms with Gasteiger partial charge in [-0.25, -0.2) is 0 Å². The lowest BCUT2D eigenvalue weighted by molar-refractivity contribution is -0.148. The molecule has 1 unspecified atom stereocenters. The molecular formula is C21H23N3O5. The molecule has 3 N–H and O–H groups in total. The molecule has 3 amide bonds. The van der Waals surface area contributed by atoms with Crippen molar-refractivity contribution in [3.05, 3.63) is 71.8 Å². The quantitative estimate of drug-likeness (QED) is 0.332. The fourth-order valence-corrected chi connectivity index (χ4v) is 2.39. The molecule has 8 nitrogen and oxygen atoms in total. The Morgan fingerprint density at radius 1 is 0.862 bits per heavy atom. The highest BCUT2D eigenvalue weighted by molar-refractivity contribution is 5.97. The van der Waals surface area contributed by atoms with E-state index in [1.807, 2.05) is 48.5 Å². The van der Waals surface area contributed by atoms with E-state index >= 15 is 0 Å². The number of esters is 1. The number of nitrogens with one attached hydrogen (secondary N) is 3. The van der Waals surface area contributed by atoms with Gasteiger partial charge in [-0.3, -0.25) is 19.2 Å². The van der Waals surface area contributed by atoms with Crippen molar-refractivity contribution in [1.82, 2.24) is 16.0 Å². The lowest BCUT2D eigenvalue weighted by atomic mass is 10.2. The van der Waals surface area contributed by atoms with Crippen LogP contribution in [0.15, 0.2) is 60.7 Å². The summed E-state index contributed by atoms with van der Waals surface area (Å²) >= 11 is 0. The van der Waals surface area contributed by atoms with Gasteiger partial charge in [-0.1, -0.05) is 60.7 Å². The molecular weight excluding hydrogens is 374 g/mol. The van der Waals surface area contributed by atoms with Crippen LogP contribution in [-0.2, 0) is 37.1 Å². The summed E-state index contributed by atoms with van der Waals surface area (Å²) in [6.07, 6.45) is -1.87. The number of amides is 3. The van der Waals surface area contributed by atoms with Crippen molar-refractivity contribution in [3.8, 4) is 0 Å². The van der Waals surface area contributed by atoms with Crippen LogP contribution in [0.3, 0.4) is 0 Å². The van der Waals surface area contributed by atoms with E-state index in [1.54, 1.807) is 12.1 Å². The molecule has 2 aromatic carbocycles. The Kier molecular flexibility index (Phi) is 8.37. The Balaban J connectivity index is 1.83. The van der Waals surface area contributed by atoms with Crippen LogP contribution >= 0.6 is 0 Å². The fraction of sp³-hybridized carbons (Fsp3) is 0.238. The largest absolute Gasteiger partial charge is 0.460 e. The third-order valence-electron chi connectivity index (χ3n) is 3.77. The van der Waals surface area contributed by atoms with E-state index in [0.29, 0.717) is 0 Å². The molecule has 0 bridgehead atoms. The highest BCUT2D eigenvalue weighted by atomic mass is 16.5. The molecule has 0 heterocycles. The van der Waals surface area contributed by atoms with E-state index in [-0.39, 0.29) is 13.2 Å². The average Bonchev–Trinajstić information content (AvgIpc) is 2.71. The maximum atomic E-state index is 12.3. The number of ether oxygens (including phenoxy) is 1. The first kappa shape index (κ1) is 21.6. The lowest BCUT2D eigenvalue weighted by Gasteiger charge is -2.19. The molecule has 1 atom stereocenters. The van der Waals surface area contributed by atoms with Gasteiger partial charge in [0, 0.05) is 13.5 Å². The SMILES string of the molecule is CC(=O)NC(NC(=O)CC(=O)OCc1ccccc1)C(=O)NCc1ccccc1. The van der Waals surface area contributed by atoms with Crippen molar-refractivity contribution in [1.29, 1.82) is 0 Å². The van der Waals surface area contributed by atoms with Gasteiger partial charge in [-0.15, -0.1) is 0 Å². The van der Waals surface area contributed by atoms with Crippen LogP contribution in [0.1, 0.15) is 24.5 Å². The summed E-state index contributed by atoms with van der Waals surface area (Å²) in [6, 6.07) is 18.2. The van der Waals surface area contributed by atoms with Crippen molar-refractivity contribution < 1.29 is 23.9 Å². The van der Waals surface area contributed by atoms with Crippen molar-refractivity contribution >= 4 is 23.7 Å². The van der Waals surface area contributed by atoms with Gasteiger partial charge in [0.2, 0.25) is 11.8 Å². The third kappa shape index (κ3) is 8.25. The Bertz CT molecular complexity index is 840. The number of hydrogen-bond acceptors (Lipinski definition) is 5. The maximum absolute atomic E-state index is 12.3. The van der Waals surface area contributed by atoms with Crippen LogP contribution in [0.5, 0.6) is 0 Å². The van der Waals surface area contributed by atoms with Crippen LogP contribution in [0.25, 0.3) is 0 Å². The summed E-state index contributed by atoms with van der Waals surface area (Å²) in [6.45, 7) is 1.49. The van der Waals surface area contributed by atoms with E-state index in [4.69, 9.17) is 4.74 Å². The van der Waals surface area contributed by atoms with Crippen LogP contribution in [0.4, 0.5) is 0 Å². The summed E-state index contributed by atoms with van der Waals surface area (Å²) in [5.74, 6) is -2.58. The smallest absolute Gasteiger partial charge is 0.315 e. The summed E-state index contributed by atoms with van der Waals surface area (Å²) in [5, 5.41) is 7.30. The summed E-state index contributed by atoms with van der Waals surface area (Å²) < 4.78 is 5.04. The van der Waals surface area contributed by atoms with Gasteiger partial charge in [-0.05, 0) is 11.1 Å². The first-order valence-corrected chi connectivity index (χ1v) is 9.01. The predicted octanol–water partition coefficient (Wildman–Crippen LogP) is 1.01. The molecule has 0 saturated carbocycles. The molecule has 0 radical (unpaired) electrons. The molecule has 0 fully saturated rings. The number of benzene rings is 2. The molecule has 152 valence electrons. The minimum atomic E-state index is -1.30. The average molecular weight is 397 g/mol. The molecule has 2 rings (SSSR count). The van der Waals surface area contributed by atoms with E-state index in [1.165, 1.54) is 6.92 Å². The number of hydrogen-bond donors (Lipinski definition) is 3. The van der Waals surface area contributed by atoms with Gasteiger partial charge in [0.25, 0.3) is 5.91 Å². The standard InChI is InChI=1S/C21H23N3O5/c1-15(25)23-20(21(28)22-13-16-8-4-2-5-9-16)24-18(26)12-19(27)29-14-17-10-6-3-7-11-17/h2-11,20H,12-14H2,1H3,(H,22,28)(H,23,25)(H,24,26). The Morgan fingerprint density at radius 2 is 1.45 bits per heavy atom. The highest BCUT2D eigenvalue weighted by Crippen LogP contribution is 2.02. The van der Waals surface area contributed by atoms with Gasteiger partial charge < -0.3 is 20.7 Å². The van der Waals surface area contributed by atoms with Crippen LogP contribution < -0.4 is 16.0 Å². The van der Waals surface area contributed by atoms with E-state index in [0.717, 1.165) is 11.1 Å². The van der Waals surface area contributed by atoms with Crippen molar-refractivity contribution in [3.63, 3.8) is 0 Å². The first-order chi connectivity index (χ1) is 13.9. The highest BCUT2D eigenvalue weighted by Gasteiger charge is 2.23. The zero-order valence-electron chi connectivity index (χ0n) is 16.0. The van der Waals surface area contributed by atoms with Crippen molar-refractivity contribution in [2.45, 2.75) is 32.7 Å². The second-order valence-electron chi connectivity index (χ2n) is 6.23. The molecule has 0 aliphatic rings. The van der Waals surface area contributed by atoms with Crippen molar-refractivity contribution in [2.24, 2.45) is 0 Å². The van der Waals surface area contributed by atoms with E-state index < -0.39 is 36.3 Å². The van der Waals surface area contributed by atoms with Crippen LogP contribution in [-0.4, -0.2) is 29.9 Å². The number of carbonyl (C=O) groups is 4. The van der Waals surface area contributed by atoms with Gasteiger partial charge in [0.1, 0.15) is 13.0 Å². The molecule has 2 aromatic rings. The number of carbonyl (C=O) groups excluding carboxylic acids is 4. The third-order valence-corrected chi connectivity index (χ3v) is 3.77. The summed E-state index contributed by atoms with van der Waals surface area (Å²) in [4.78, 5) is 47.6. The van der Waals surface area contributed by atoms with Gasteiger partial charge >= 0.3 is 5.97 Å². The van der Waals surface area contributed by atoms with E-state index in [9.17, 15) is 19.2 Å². The second kappa shape index (κ2) is 11.2. The Hall–Kier alpha value is -3.68. The van der Waals surface area contributed by atoms with Gasteiger partial charge in [0.15, 0.2) is 6.17 Å². The van der Waals surface area contributed by atoms with Gasteiger partial charge in [-0.2, -0.15) is 0 Å². The second-order valence-corrected chi connectivity index (χ2v) is 6.23. The summed E-state index contributed by atoms with van der Waals surface area (Å²) in [7, 11) is 0. The first-order valence-electron chi connectivity index (χ1n) is 9.01. The van der Waals surface area contributed by atoms with Crippen molar-refractivity contribution in [2.75, 3.05) is 0 Å². The minimum Gasteiger partial charge on any atom is -0.460 e. The summed E-state index contributed by atoms with van der Waals surface area (Å²) in [5.41, 5.74) is 1.65. The molecule has 0 spiro atoms. The molecule has 0 saturated heterocycles. The topological polar surface area (TPSA) is 114 Å². The monoisotopic (exact) mass is 397 g/mol. The molecule has 8 heteroatoms. The van der Waals surface area contributed by atoms with E-state index in [2.05, 4.69) is 16.0 Å². The molecule has 0 aliphatic heterocycles. The van der Waals surface area contributed by atoms with Crippen LogP contribution in [0, 0.1) is 0 Å². The normalized spacial score (nSPS) is 11.1. The van der Waals surface area contributed by atoms with Gasteiger partial charge in [0.05, 0.1) is 0 Å². The molecule has 0 aromatic heterocycles. The zero-order valence-corrected chi connectivity index (χ0v) is 16.0. The predicted molar refractivity (Wildman–Crippen MR) is 105 cm³/mol. The lowest BCUT2D eigenvalue weighted by Crippen LogP contribution is -2.56. The van der Waals surface area contributed by atoms with Crippen LogP contribution in [0.2, 0.25) is 0 Å². The fourth-order valence-electron chi connectivity index (χ4n) is 2.39. The Labute approximate surface area is 168 Å². The number of rotatable bonds is 9. The molecule has 0 aliphatic carbocycles. The molecule has 29 heavy (non-hydrogen) atoms.